The molecule has 0 saturated heterocycles. The number of carbonyl (C=O) groups is 2. The van der Waals surface area contributed by atoms with Gasteiger partial charge in [0.05, 0.1) is 0 Å². The third kappa shape index (κ3) is 36.2. The van der Waals surface area contributed by atoms with Crippen LogP contribution in [0, 0.1) is 0 Å². The quantitative estimate of drug-likeness (QED) is 0.0437. The first-order chi connectivity index (χ1) is 22.1. The van der Waals surface area contributed by atoms with Gasteiger partial charge in [-0.05, 0) is 76.7 Å². The predicted molar refractivity (Wildman–Crippen MR) is 195 cm³/mol. The highest BCUT2D eigenvalue weighted by atomic mass is 16.5. The first kappa shape index (κ1) is 42.9. The van der Waals surface area contributed by atoms with Gasteiger partial charge in [0.1, 0.15) is 6.10 Å². The van der Waals surface area contributed by atoms with E-state index < -0.39 is 5.97 Å². The van der Waals surface area contributed by atoms with Gasteiger partial charge in [0.25, 0.3) is 0 Å². The summed E-state index contributed by atoms with van der Waals surface area (Å²) >= 11 is 0. The molecule has 0 heterocycles. The van der Waals surface area contributed by atoms with Crippen molar-refractivity contribution >= 4 is 11.9 Å². The monoisotopic (exact) mass is 629 g/mol. The summed E-state index contributed by atoms with van der Waals surface area (Å²) in [6.07, 6.45) is 48.6. The molecule has 45 heavy (non-hydrogen) atoms. The third-order valence-corrected chi connectivity index (χ3v) is 8.26. The molecule has 4 heteroatoms. The zero-order valence-corrected chi connectivity index (χ0v) is 29.7. The average molecular weight is 629 g/mol. The van der Waals surface area contributed by atoms with E-state index in [2.05, 4.69) is 56.4 Å². The zero-order valence-electron chi connectivity index (χ0n) is 29.7. The minimum Gasteiger partial charge on any atom is -0.481 e. The van der Waals surface area contributed by atoms with Gasteiger partial charge in [-0.1, -0.05) is 153 Å². The number of hydrogen-bond donors (Lipinski definition) is 1. The molecule has 260 valence electrons. The first-order valence-corrected chi connectivity index (χ1v) is 19.1. The molecule has 1 unspecified atom stereocenters. The molecular formula is C41H72O4. The van der Waals surface area contributed by atoms with Gasteiger partial charge in [-0.3, -0.25) is 9.59 Å². The topological polar surface area (TPSA) is 63.6 Å². The predicted octanol–water partition coefficient (Wildman–Crippen LogP) is 13.2. The lowest BCUT2D eigenvalue weighted by Gasteiger charge is -2.14. The Balaban J connectivity index is 3.88. The zero-order chi connectivity index (χ0) is 32.9. The van der Waals surface area contributed by atoms with Crippen LogP contribution in [-0.2, 0) is 14.3 Å². The number of aliphatic carboxylic acids is 1. The summed E-state index contributed by atoms with van der Waals surface area (Å²) in [6.45, 7) is 4.47. The highest BCUT2D eigenvalue weighted by Gasteiger charge is 2.11. The van der Waals surface area contributed by atoms with Crippen molar-refractivity contribution in [3.05, 3.63) is 48.6 Å². The Hall–Kier alpha value is -2.10. The number of allylic oxidation sites excluding steroid dienone is 7. The van der Waals surface area contributed by atoms with Crippen LogP contribution in [0.3, 0.4) is 0 Å². The number of carboxylic acid groups (broad SMARTS) is 1. The van der Waals surface area contributed by atoms with E-state index in [4.69, 9.17) is 9.84 Å². The van der Waals surface area contributed by atoms with Gasteiger partial charge in [-0.15, -0.1) is 0 Å². The van der Waals surface area contributed by atoms with Crippen LogP contribution in [0.25, 0.3) is 0 Å². The Morgan fingerprint density at radius 2 is 0.956 bits per heavy atom. The number of hydrogen-bond acceptors (Lipinski definition) is 3. The van der Waals surface area contributed by atoms with Crippen molar-refractivity contribution in [2.75, 3.05) is 0 Å². The minimum absolute atomic E-state index is 0.0862. The lowest BCUT2D eigenvalue weighted by atomic mass is 10.1. The fourth-order valence-corrected chi connectivity index (χ4v) is 5.38. The van der Waals surface area contributed by atoms with E-state index in [1.54, 1.807) is 0 Å². The van der Waals surface area contributed by atoms with Gasteiger partial charge in [-0.25, -0.2) is 0 Å². The van der Waals surface area contributed by atoms with Crippen LogP contribution in [-0.4, -0.2) is 23.1 Å². The SMILES string of the molecule is CCCC/C=C\C/C=C\C(CCCCCCC(=O)O)OC(=O)CCCCCCCCCCC/C=C\C/C=C\CCCCCCC. The van der Waals surface area contributed by atoms with Crippen molar-refractivity contribution in [2.45, 2.75) is 200 Å². The minimum atomic E-state index is -0.729. The third-order valence-electron chi connectivity index (χ3n) is 8.26. The number of rotatable bonds is 34. The normalized spacial score (nSPS) is 12.8. The Morgan fingerprint density at radius 3 is 1.51 bits per heavy atom. The van der Waals surface area contributed by atoms with E-state index in [9.17, 15) is 9.59 Å². The number of ether oxygens (including phenoxy) is 1. The largest absolute Gasteiger partial charge is 0.481 e. The molecule has 0 bridgehead atoms. The van der Waals surface area contributed by atoms with Gasteiger partial charge in [0, 0.05) is 12.8 Å². The van der Waals surface area contributed by atoms with Crippen molar-refractivity contribution < 1.29 is 19.4 Å². The summed E-state index contributed by atoms with van der Waals surface area (Å²) in [5.41, 5.74) is 0. The Labute approximate surface area is 279 Å². The highest BCUT2D eigenvalue weighted by molar-refractivity contribution is 5.69. The molecule has 0 aromatic heterocycles. The second kappa shape index (κ2) is 36.4. The summed E-state index contributed by atoms with van der Waals surface area (Å²) in [5.74, 6) is -0.815. The Bertz CT molecular complexity index is 763. The van der Waals surface area contributed by atoms with Crippen LogP contribution in [0.15, 0.2) is 48.6 Å². The fraction of sp³-hybridized carbons (Fsp3) is 0.756. The number of carboxylic acids is 1. The van der Waals surface area contributed by atoms with Crippen molar-refractivity contribution in [1.29, 1.82) is 0 Å². The molecule has 1 atom stereocenters. The molecule has 0 saturated carbocycles. The van der Waals surface area contributed by atoms with Crippen LogP contribution in [0.2, 0.25) is 0 Å². The number of carbonyl (C=O) groups excluding carboxylic acids is 1. The van der Waals surface area contributed by atoms with Gasteiger partial charge < -0.3 is 9.84 Å². The Morgan fingerprint density at radius 1 is 0.511 bits per heavy atom. The molecule has 0 radical (unpaired) electrons. The molecule has 1 N–H and O–H groups in total. The first-order valence-electron chi connectivity index (χ1n) is 19.1. The van der Waals surface area contributed by atoms with Crippen LogP contribution in [0.4, 0.5) is 0 Å². The van der Waals surface area contributed by atoms with Crippen molar-refractivity contribution in [3.8, 4) is 0 Å². The van der Waals surface area contributed by atoms with E-state index in [1.165, 1.54) is 103 Å². The molecule has 0 aliphatic heterocycles. The van der Waals surface area contributed by atoms with Crippen molar-refractivity contribution in [2.24, 2.45) is 0 Å². The Kier molecular flexibility index (Phi) is 34.7. The summed E-state index contributed by atoms with van der Waals surface area (Å²) < 4.78 is 5.83. The van der Waals surface area contributed by atoms with Gasteiger partial charge in [-0.2, -0.15) is 0 Å². The van der Waals surface area contributed by atoms with Crippen molar-refractivity contribution in [1.82, 2.24) is 0 Å². The highest BCUT2D eigenvalue weighted by Crippen LogP contribution is 2.15. The van der Waals surface area contributed by atoms with E-state index >= 15 is 0 Å². The maximum Gasteiger partial charge on any atom is 0.306 e. The maximum atomic E-state index is 12.5. The summed E-state index contributed by atoms with van der Waals surface area (Å²) in [5, 5.41) is 8.80. The molecule has 0 aliphatic carbocycles. The van der Waals surface area contributed by atoms with E-state index in [0.717, 1.165) is 57.8 Å². The summed E-state index contributed by atoms with van der Waals surface area (Å²) in [7, 11) is 0. The van der Waals surface area contributed by atoms with Crippen LogP contribution in [0.5, 0.6) is 0 Å². The van der Waals surface area contributed by atoms with Crippen LogP contribution in [0.1, 0.15) is 194 Å². The lowest BCUT2D eigenvalue weighted by molar-refractivity contribution is -0.147. The molecule has 4 nitrogen and oxygen atoms in total. The number of unbranched alkanes of at least 4 members (excludes halogenated alkanes) is 19. The summed E-state index contributed by atoms with van der Waals surface area (Å²) in [6, 6.07) is 0. The standard InChI is InChI=1S/C41H72O4/c1-3-5-7-9-11-12-13-14-15-16-17-18-19-20-21-22-23-24-26-28-34-38-41(44)45-39(35-31-27-25-10-8-6-4-2)36-32-29-30-33-37-40(42)43/h10,13-14,16-17,25,31,35,39H,3-9,11-12,15,18-24,26-30,32-34,36-38H2,1-2H3,(H,42,43)/b14-13-,17-16-,25-10-,35-31-. The van der Waals surface area contributed by atoms with Gasteiger partial charge in [0.2, 0.25) is 0 Å². The maximum absolute atomic E-state index is 12.5. The van der Waals surface area contributed by atoms with Crippen molar-refractivity contribution in [3.63, 3.8) is 0 Å². The lowest BCUT2D eigenvalue weighted by Crippen LogP contribution is -2.16. The summed E-state index contributed by atoms with van der Waals surface area (Å²) in [4.78, 5) is 23.2. The second-order valence-corrected chi connectivity index (χ2v) is 12.8. The fourth-order valence-electron chi connectivity index (χ4n) is 5.38. The van der Waals surface area contributed by atoms with E-state index in [1.807, 2.05) is 6.08 Å². The smallest absolute Gasteiger partial charge is 0.306 e. The van der Waals surface area contributed by atoms with Crippen LogP contribution < -0.4 is 0 Å². The van der Waals surface area contributed by atoms with Crippen LogP contribution >= 0.6 is 0 Å². The molecule has 0 aromatic rings. The molecule has 0 aromatic carbocycles. The molecule has 0 fully saturated rings. The van der Waals surface area contributed by atoms with E-state index in [0.29, 0.717) is 12.8 Å². The van der Waals surface area contributed by atoms with Gasteiger partial charge >= 0.3 is 11.9 Å². The molecular weight excluding hydrogens is 556 g/mol. The molecule has 0 spiro atoms. The average Bonchev–Trinajstić information content (AvgIpc) is 3.02. The second-order valence-electron chi connectivity index (χ2n) is 12.8. The van der Waals surface area contributed by atoms with E-state index in [-0.39, 0.29) is 18.5 Å². The molecule has 0 amide bonds. The number of esters is 1. The molecule has 0 aliphatic rings. The van der Waals surface area contributed by atoms with Gasteiger partial charge in [0.15, 0.2) is 0 Å². The molecule has 0 rings (SSSR count).